The van der Waals surface area contributed by atoms with E-state index in [0.717, 1.165) is 31.6 Å². The van der Waals surface area contributed by atoms with Gasteiger partial charge in [-0.3, -0.25) is 4.79 Å². The van der Waals surface area contributed by atoms with Gasteiger partial charge in [0.25, 0.3) is 0 Å². The summed E-state index contributed by atoms with van der Waals surface area (Å²) in [6, 6.07) is 0. The van der Waals surface area contributed by atoms with Crippen molar-refractivity contribution in [2.45, 2.75) is 32.6 Å². The minimum Gasteiger partial charge on any atom is -0.352 e. The average Bonchev–Trinajstić information content (AvgIpc) is 2.25. The summed E-state index contributed by atoms with van der Waals surface area (Å²) in [6.07, 6.45) is 7.04. The minimum atomic E-state index is 0.116. The monoisotopic (exact) mass is 256 g/mol. The second kappa shape index (κ2) is 8.59. The Labute approximate surface area is 109 Å². The Hall–Kier alpha value is -0.480. The topological polar surface area (TPSA) is 41.1 Å². The van der Waals surface area contributed by atoms with E-state index in [0.29, 0.717) is 0 Å². The standard InChI is InChI=1S/C13H24N2OS/c1-11(12-9-14-10-12)13(16)15-7-5-3-4-6-8-17-2/h14H,3-10H2,1-2H3,(H,15,16). The van der Waals surface area contributed by atoms with Crippen molar-refractivity contribution in [1.29, 1.82) is 0 Å². The van der Waals surface area contributed by atoms with Crippen LogP contribution in [0.2, 0.25) is 0 Å². The molecule has 0 aliphatic carbocycles. The second-order valence-corrected chi connectivity index (χ2v) is 5.48. The van der Waals surface area contributed by atoms with Crippen molar-refractivity contribution in [1.82, 2.24) is 10.6 Å². The van der Waals surface area contributed by atoms with Crippen molar-refractivity contribution in [3.05, 3.63) is 11.1 Å². The van der Waals surface area contributed by atoms with Crippen LogP contribution in [0.3, 0.4) is 0 Å². The summed E-state index contributed by atoms with van der Waals surface area (Å²) >= 11 is 1.90. The number of amides is 1. The summed E-state index contributed by atoms with van der Waals surface area (Å²) in [4.78, 5) is 11.7. The van der Waals surface area contributed by atoms with Crippen molar-refractivity contribution in [3.63, 3.8) is 0 Å². The van der Waals surface area contributed by atoms with E-state index in [9.17, 15) is 4.79 Å². The number of unbranched alkanes of at least 4 members (excludes halogenated alkanes) is 3. The molecule has 0 aromatic heterocycles. The first-order chi connectivity index (χ1) is 8.25. The van der Waals surface area contributed by atoms with E-state index in [-0.39, 0.29) is 5.91 Å². The molecule has 0 aromatic rings. The Morgan fingerprint density at radius 2 is 2.00 bits per heavy atom. The highest BCUT2D eigenvalue weighted by Gasteiger charge is 2.15. The van der Waals surface area contributed by atoms with E-state index in [2.05, 4.69) is 16.9 Å². The van der Waals surface area contributed by atoms with E-state index >= 15 is 0 Å². The number of rotatable bonds is 8. The molecule has 0 unspecified atom stereocenters. The molecule has 17 heavy (non-hydrogen) atoms. The largest absolute Gasteiger partial charge is 0.352 e. The van der Waals surface area contributed by atoms with Crippen LogP contribution in [0.25, 0.3) is 0 Å². The van der Waals surface area contributed by atoms with Crippen LogP contribution in [0.15, 0.2) is 11.1 Å². The predicted molar refractivity (Wildman–Crippen MR) is 75.4 cm³/mol. The van der Waals surface area contributed by atoms with Crippen LogP contribution in [0, 0.1) is 0 Å². The normalized spacial score (nSPS) is 14.4. The van der Waals surface area contributed by atoms with Crippen molar-refractivity contribution < 1.29 is 4.79 Å². The third kappa shape index (κ3) is 5.59. The predicted octanol–water partition coefficient (Wildman–Crippen LogP) is 1.95. The highest BCUT2D eigenvalue weighted by atomic mass is 32.2. The Balaban J connectivity index is 2.01. The molecule has 1 fully saturated rings. The summed E-state index contributed by atoms with van der Waals surface area (Å²) in [7, 11) is 0. The molecule has 4 heteroatoms. The van der Waals surface area contributed by atoms with Gasteiger partial charge in [-0.1, -0.05) is 12.8 Å². The first kappa shape index (κ1) is 14.6. The first-order valence-electron chi connectivity index (χ1n) is 6.42. The van der Waals surface area contributed by atoms with Gasteiger partial charge in [0.1, 0.15) is 0 Å². The van der Waals surface area contributed by atoms with Crippen LogP contribution < -0.4 is 10.6 Å². The van der Waals surface area contributed by atoms with Crippen LogP contribution in [-0.4, -0.2) is 37.6 Å². The van der Waals surface area contributed by atoms with Gasteiger partial charge in [-0.2, -0.15) is 11.8 Å². The molecule has 0 saturated carbocycles. The molecule has 0 aromatic carbocycles. The van der Waals surface area contributed by atoms with E-state index in [1.165, 1.54) is 30.6 Å². The van der Waals surface area contributed by atoms with E-state index in [1.807, 2.05) is 18.7 Å². The highest BCUT2D eigenvalue weighted by Crippen LogP contribution is 2.08. The molecule has 98 valence electrons. The van der Waals surface area contributed by atoms with Crippen LogP contribution in [0.1, 0.15) is 32.6 Å². The molecule has 0 radical (unpaired) electrons. The maximum atomic E-state index is 11.7. The van der Waals surface area contributed by atoms with Crippen molar-refractivity contribution in [2.75, 3.05) is 31.6 Å². The van der Waals surface area contributed by atoms with Gasteiger partial charge in [0.2, 0.25) is 5.91 Å². The third-order valence-electron chi connectivity index (χ3n) is 3.11. The van der Waals surface area contributed by atoms with Crippen LogP contribution in [0.5, 0.6) is 0 Å². The van der Waals surface area contributed by atoms with Gasteiger partial charge < -0.3 is 10.6 Å². The zero-order valence-electron chi connectivity index (χ0n) is 11.0. The smallest absolute Gasteiger partial charge is 0.246 e. The Morgan fingerprint density at radius 1 is 1.29 bits per heavy atom. The van der Waals surface area contributed by atoms with Crippen molar-refractivity contribution >= 4 is 17.7 Å². The number of carbonyl (C=O) groups is 1. The summed E-state index contributed by atoms with van der Waals surface area (Å²) in [5, 5.41) is 6.15. The molecule has 3 nitrogen and oxygen atoms in total. The van der Waals surface area contributed by atoms with Crippen molar-refractivity contribution in [3.8, 4) is 0 Å². The van der Waals surface area contributed by atoms with Crippen LogP contribution in [0.4, 0.5) is 0 Å². The van der Waals surface area contributed by atoms with E-state index in [1.54, 1.807) is 0 Å². The Morgan fingerprint density at radius 3 is 2.59 bits per heavy atom. The number of hydrogen-bond acceptors (Lipinski definition) is 3. The molecular formula is C13H24N2OS. The molecule has 0 bridgehead atoms. The van der Waals surface area contributed by atoms with Crippen LogP contribution >= 0.6 is 11.8 Å². The number of thioether (sulfide) groups is 1. The molecule has 1 saturated heterocycles. The summed E-state index contributed by atoms with van der Waals surface area (Å²) in [5.41, 5.74) is 2.16. The fourth-order valence-electron chi connectivity index (χ4n) is 1.74. The second-order valence-electron chi connectivity index (χ2n) is 4.50. The fourth-order valence-corrected chi connectivity index (χ4v) is 2.23. The lowest BCUT2D eigenvalue weighted by molar-refractivity contribution is -0.117. The molecule has 1 aliphatic rings. The maximum absolute atomic E-state index is 11.7. The number of carbonyl (C=O) groups excluding carboxylic acids is 1. The van der Waals surface area contributed by atoms with Gasteiger partial charge in [-0.25, -0.2) is 0 Å². The van der Waals surface area contributed by atoms with Crippen molar-refractivity contribution in [2.24, 2.45) is 0 Å². The highest BCUT2D eigenvalue weighted by molar-refractivity contribution is 7.98. The van der Waals surface area contributed by atoms with Gasteiger partial charge >= 0.3 is 0 Å². The Kier molecular flexibility index (Phi) is 7.37. The zero-order chi connectivity index (χ0) is 12.5. The minimum absolute atomic E-state index is 0.116. The molecule has 1 amide bonds. The van der Waals surface area contributed by atoms with E-state index < -0.39 is 0 Å². The summed E-state index contributed by atoms with van der Waals surface area (Å²) < 4.78 is 0. The lowest BCUT2D eigenvalue weighted by Crippen LogP contribution is -2.37. The molecule has 2 N–H and O–H groups in total. The van der Waals surface area contributed by atoms with Gasteiger partial charge in [0, 0.05) is 25.2 Å². The fraction of sp³-hybridized carbons (Fsp3) is 0.769. The van der Waals surface area contributed by atoms with Gasteiger partial charge in [-0.05, 0) is 37.3 Å². The molecule has 0 atom stereocenters. The first-order valence-corrected chi connectivity index (χ1v) is 7.81. The molecule has 1 heterocycles. The van der Waals surface area contributed by atoms with E-state index in [4.69, 9.17) is 0 Å². The lowest BCUT2D eigenvalue weighted by Gasteiger charge is -2.21. The molecular weight excluding hydrogens is 232 g/mol. The SMILES string of the molecule is CSCCCCCCNC(=O)C(C)=C1CNC1. The third-order valence-corrected chi connectivity index (χ3v) is 3.81. The average molecular weight is 256 g/mol. The van der Waals surface area contributed by atoms with Gasteiger partial charge in [0.15, 0.2) is 0 Å². The lowest BCUT2D eigenvalue weighted by atomic mass is 10.0. The Bertz CT molecular complexity index is 271. The molecule has 1 rings (SSSR count). The molecule has 1 aliphatic heterocycles. The zero-order valence-corrected chi connectivity index (χ0v) is 11.8. The molecule has 0 spiro atoms. The number of hydrogen-bond donors (Lipinski definition) is 2. The quantitative estimate of drug-likeness (QED) is 0.515. The van der Waals surface area contributed by atoms with Gasteiger partial charge in [-0.15, -0.1) is 0 Å². The summed E-state index contributed by atoms with van der Waals surface area (Å²) in [6.45, 7) is 4.50. The van der Waals surface area contributed by atoms with Gasteiger partial charge in [0.05, 0.1) is 0 Å². The summed E-state index contributed by atoms with van der Waals surface area (Å²) in [5.74, 6) is 1.37. The number of nitrogens with one attached hydrogen (secondary N) is 2. The maximum Gasteiger partial charge on any atom is 0.246 e. The van der Waals surface area contributed by atoms with Crippen LogP contribution in [-0.2, 0) is 4.79 Å².